The Labute approximate surface area is 132 Å². The average molecular weight is 356 g/mol. The molecule has 20 heavy (non-hydrogen) atoms. The number of methoxy groups -OCH3 is 1. The quantitative estimate of drug-likeness (QED) is 0.871. The minimum atomic E-state index is -1.06. The van der Waals surface area contributed by atoms with Crippen LogP contribution in [0.3, 0.4) is 0 Å². The SMILES string of the molecule is COc1ccccc1CC(C)(O)c1ccc(Br)cc1Cl. The van der Waals surface area contributed by atoms with Gasteiger partial charge in [0.1, 0.15) is 5.75 Å². The Kier molecular flexibility index (Phi) is 4.74. The van der Waals surface area contributed by atoms with Crippen LogP contribution in [-0.2, 0) is 12.0 Å². The van der Waals surface area contributed by atoms with Crippen molar-refractivity contribution in [3.05, 3.63) is 63.1 Å². The lowest BCUT2D eigenvalue weighted by Gasteiger charge is -2.26. The summed E-state index contributed by atoms with van der Waals surface area (Å²) in [6.45, 7) is 1.76. The molecule has 2 nitrogen and oxygen atoms in total. The number of ether oxygens (including phenoxy) is 1. The van der Waals surface area contributed by atoms with Gasteiger partial charge in [-0.25, -0.2) is 0 Å². The summed E-state index contributed by atoms with van der Waals surface area (Å²) < 4.78 is 6.21. The van der Waals surface area contributed by atoms with Crippen LogP contribution in [0.2, 0.25) is 5.02 Å². The van der Waals surface area contributed by atoms with Crippen LogP contribution in [0.25, 0.3) is 0 Å². The zero-order valence-corrected chi connectivity index (χ0v) is 13.7. The van der Waals surface area contributed by atoms with Crippen molar-refractivity contribution in [1.82, 2.24) is 0 Å². The van der Waals surface area contributed by atoms with Gasteiger partial charge in [-0.15, -0.1) is 0 Å². The van der Waals surface area contributed by atoms with Crippen LogP contribution in [0, 0.1) is 0 Å². The first-order valence-electron chi connectivity index (χ1n) is 6.24. The monoisotopic (exact) mass is 354 g/mol. The number of aliphatic hydroxyl groups is 1. The lowest BCUT2D eigenvalue weighted by molar-refractivity contribution is 0.0571. The van der Waals surface area contributed by atoms with Crippen LogP contribution in [0.5, 0.6) is 5.75 Å². The molecule has 0 aliphatic rings. The predicted molar refractivity (Wildman–Crippen MR) is 85.4 cm³/mol. The van der Waals surface area contributed by atoms with Crippen LogP contribution in [-0.4, -0.2) is 12.2 Å². The Morgan fingerprint density at radius 3 is 2.60 bits per heavy atom. The maximum atomic E-state index is 10.8. The van der Waals surface area contributed by atoms with Crippen LogP contribution >= 0.6 is 27.5 Å². The van der Waals surface area contributed by atoms with Crippen molar-refractivity contribution in [3.8, 4) is 5.75 Å². The summed E-state index contributed by atoms with van der Waals surface area (Å²) in [7, 11) is 1.63. The first-order chi connectivity index (χ1) is 9.44. The fourth-order valence-corrected chi connectivity index (χ4v) is 3.12. The Morgan fingerprint density at radius 2 is 1.95 bits per heavy atom. The van der Waals surface area contributed by atoms with E-state index < -0.39 is 5.60 Å². The zero-order valence-electron chi connectivity index (χ0n) is 11.4. The third kappa shape index (κ3) is 3.35. The molecule has 2 rings (SSSR count). The highest BCUT2D eigenvalue weighted by Gasteiger charge is 2.27. The second-order valence-corrected chi connectivity index (χ2v) is 6.21. The third-order valence-corrected chi connectivity index (χ3v) is 4.04. The predicted octanol–water partition coefficient (Wildman–Crippen LogP) is 4.56. The number of benzene rings is 2. The molecule has 106 valence electrons. The highest BCUT2D eigenvalue weighted by molar-refractivity contribution is 9.10. The largest absolute Gasteiger partial charge is 0.496 e. The maximum Gasteiger partial charge on any atom is 0.122 e. The molecule has 0 bridgehead atoms. The Bertz CT molecular complexity index is 611. The molecule has 0 fully saturated rings. The minimum Gasteiger partial charge on any atom is -0.496 e. The van der Waals surface area contributed by atoms with Gasteiger partial charge >= 0.3 is 0 Å². The molecule has 1 atom stereocenters. The Morgan fingerprint density at radius 1 is 1.25 bits per heavy atom. The van der Waals surface area contributed by atoms with E-state index in [1.54, 1.807) is 20.1 Å². The van der Waals surface area contributed by atoms with E-state index in [0.717, 1.165) is 15.8 Å². The second-order valence-electron chi connectivity index (χ2n) is 4.89. The van der Waals surface area contributed by atoms with E-state index in [2.05, 4.69) is 15.9 Å². The molecule has 2 aromatic rings. The number of hydrogen-bond donors (Lipinski definition) is 1. The van der Waals surface area contributed by atoms with Crippen molar-refractivity contribution < 1.29 is 9.84 Å². The molecule has 0 heterocycles. The van der Waals surface area contributed by atoms with Gasteiger partial charge < -0.3 is 9.84 Å². The fraction of sp³-hybridized carbons (Fsp3) is 0.250. The third-order valence-electron chi connectivity index (χ3n) is 3.24. The van der Waals surface area contributed by atoms with Crippen LogP contribution in [0.15, 0.2) is 46.9 Å². The van der Waals surface area contributed by atoms with Gasteiger partial charge in [0, 0.05) is 21.5 Å². The molecule has 2 aromatic carbocycles. The zero-order chi connectivity index (χ0) is 14.8. The summed E-state index contributed by atoms with van der Waals surface area (Å²) in [5, 5.41) is 11.3. The van der Waals surface area contributed by atoms with Gasteiger partial charge in [0.25, 0.3) is 0 Å². The van der Waals surface area contributed by atoms with Crippen molar-refractivity contribution in [2.24, 2.45) is 0 Å². The van der Waals surface area contributed by atoms with Crippen molar-refractivity contribution in [2.75, 3.05) is 7.11 Å². The summed E-state index contributed by atoms with van der Waals surface area (Å²) >= 11 is 9.60. The first kappa shape index (κ1) is 15.4. The highest BCUT2D eigenvalue weighted by atomic mass is 79.9. The van der Waals surface area contributed by atoms with E-state index in [-0.39, 0.29) is 0 Å². The van der Waals surface area contributed by atoms with Gasteiger partial charge in [-0.2, -0.15) is 0 Å². The van der Waals surface area contributed by atoms with Gasteiger partial charge in [-0.1, -0.05) is 51.8 Å². The normalized spacial score (nSPS) is 13.8. The Hall–Kier alpha value is -1.03. The lowest BCUT2D eigenvalue weighted by atomic mass is 9.88. The van der Waals surface area contributed by atoms with Crippen LogP contribution in [0.1, 0.15) is 18.1 Å². The summed E-state index contributed by atoms with van der Waals surface area (Å²) in [4.78, 5) is 0. The van der Waals surface area contributed by atoms with Gasteiger partial charge in [-0.3, -0.25) is 0 Å². The number of halogens is 2. The summed E-state index contributed by atoms with van der Waals surface area (Å²) in [5.41, 5.74) is 0.583. The maximum absolute atomic E-state index is 10.8. The standard InChI is InChI=1S/C16H16BrClO2/c1-16(19,13-8-7-12(17)9-14(13)18)10-11-5-3-4-6-15(11)20-2/h3-9,19H,10H2,1-2H3. The second kappa shape index (κ2) is 6.17. The molecule has 0 aromatic heterocycles. The molecular weight excluding hydrogens is 340 g/mol. The summed E-state index contributed by atoms with van der Waals surface area (Å²) in [5.74, 6) is 0.765. The highest BCUT2D eigenvalue weighted by Crippen LogP contribution is 2.34. The van der Waals surface area contributed by atoms with Crippen molar-refractivity contribution >= 4 is 27.5 Å². The molecular formula is C16H16BrClO2. The first-order valence-corrected chi connectivity index (χ1v) is 7.41. The topological polar surface area (TPSA) is 29.5 Å². The molecule has 0 radical (unpaired) electrons. The molecule has 0 aliphatic heterocycles. The Balaban J connectivity index is 2.35. The fourth-order valence-electron chi connectivity index (χ4n) is 2.24. The number of rotatable bonds is 4. The summed E-state index contributed by atoms with van der Waals surface area (Å²) in [6, 6.07) is 13.2. The number of para-hydroxylation sites is 1. The summed E-state index contributed by atoms with van der Waals surface area (Å²) in [6.07, 6.45) is 0.429. The minimum absolute atomic E-state index is 0.429. The van der Waals surface area contributed by atoms with Crippen molar-refractivity contribution in [1.29, 1.82) is 0 Å². The van der Waals surface area contributed by atoms with Gasteiger partial charge in [0.05, 0.1) is 12.7 Å². The van der Waals surface area contributed by atoms with Gasteiger partial charge in [0.2, 0.25) is 0 Å². The van der Waals surface area contributed by atoms with Crippen molar-refractivity contribution in [3.63, 3.8) is 0 Å². The van der Waals surface area contributed by atoms with E-state index in [9.17, 15) is 5.11 Å². The molecule has 0 saturated heterocycles. The molecule has 1 N–H and O–H groups in total. The molecule has 0 spiro atoms. The molecule has 4 heteroatoms. The van der Waals surface area contributed by atoms with E-state index in [0.29, 0.717) is 17.0 Å². The van der Waals surface area contributed by atoms with Crippen LogP contribution in [0.4, 0.5) is 0 Å². The molecule has 0 aliphatic carbocycles. The van der Waals surface area contributed by atoms with E-state index in [1.807, 2.05) is 36.4 Å². The van der Waals surface area contributed by atoms with Crippen molar-refractivity contribution in [2.45, 2.75) is 18.9 Å². The average Bonchev–Trinajstić information content (AvgIpc) is 2.38. The van der Waals surface area contributed by atoms with Crippen LogP contribution < -0.4 is 4.74 Å². The smallest absolute Gasteiger partial charge is 0.122 e. The van der Waals surface area contributed by atoms with Gasteiger partial charge in [-0.05, 0) is 30.7 Å². The molecule has 1 unspecified atom stereocenters. The van der Waals surface area contributed by atoms with E-state index in [1.165, 1.54) is 0 Å². The lowest BCUT2D eigenvalue weighted by Crippen LogP contribution is -2.25. The molecule has 0 saturated carbocycles. The van der Waals surface area contributed by atoms with E-state index in [4.69, 9.17) is 16.3 Å². The number of hydrogen-bond acceptors (Lipinski definition) is 2. The van der Waals surface area contributed by atoms with E-state index >= 15 is 0 Å². The van der Waals surface area contributed by atoms with Gasteiger partial charge in [0.15, 0.2) is 0 Å². The molecule has 0 amide bonds.